The van der Waals surface area contributed by atoms with Gasteiger partial charge in [0.25, 0.3) is 5.56 Å². The summed E-state index contributed by atoms with van der Waals surface area (Å²) in [6.45, 7) is 5.81. The van der Waals surface area contributed by atoms with Crippen molar-refractivity contribution in [1.29, 1.82) is 0 Å². The average molecular weight is 285 g/mol. The quantitative estimate of drug-likeness (QED) is 0.850. The molecule has 1 aromatic carbocycles. The number of hydrogen-bond acceptors (Lipinski definition) is 3. The molecule has 0 fully saturated rings. The Morgan fingerprint density at radius 3 is 2.57 bits per heavy atom. The monoisotopic (exact) mass is 285 g/mol. The highest BCUT2D eigenvalue weighted by molar-refractivity contribution is 5.25. The molecule has 2 rings (SSSR count). The minimum Gasteiger partial charge on any atom is -0.308 e. The van der Waals surface area contributed by atoms with Crippen LogP contribution < -0.4 is 10.9 Å². The summed E-state index contributed by atoms with van der Waals surface area (Å²) in [6.07, 6.45) is 5.23. The molecule has 0 aliphatic rings. The standard InChI is InChI=1S/C17H23N3O/c1-3-10-19-16(12-20-13-18-11-9-17(20)21)15-7-5-14(4-2)6-8-15/h5-9,11,13,16,19H,3-4,10,12H2,1-2H3. The molecule has 112 valence electrons. The van der Waals surface area contributed by atoms with Crippen molar-refractivity contribution in [2.24, 2.45) is 0 Å². The number of aryl methyl sites for hydroxylation is 1. The lowest BCUT2D eigenvalue weighted by Gasteiger charge is -2.20. The third kappa shape index (κ3) is 4.26. The second-order valence-corrected chi connectivity index (χ2v) is 5.17. The van der Waals surface area contributed by atoms with E-state index < -0.39 is 0 Å². The Kier molecular flexibility index (Phi) is 5.69. The highest BCUT2D eigenvalue weighted by Crippen LogP contribution is 2.16. The molecule has 1 unspecified atom stereocenters. The van der Waals surface area contributed by atoms with Crippen LogP contribution in [0.3, 0.4) is 0 Å². The third-order valence-corrected chi connectivity index (χ3v) is 3.60. The van der Waals surface area contributed by atoms with Crippen LogP contribution in [0.5, 0.6) is 0 Å². The van der Waals surface area contributed by atoms with Gasteiger partial charge in [-0.3, -0.25) is 9.36 Å². The number of hydrogen-bond donors (Lipinski definition) is 1. The van der Waals surface area contributed by atoms with Crippen LogP contribution in [0.25, 0.3) is 0 Å². The Morgan fingerprint density at radius 1 is 1.19 bits per heavy atom. The molecular weight excluding hydrogens is 262 g/mol. The first-order chi connectivity index (χ1) is 10.2. The van der Waals surface area contributed by atoms with Crippen LogP contribution in [0, 0.1) is 0 Å². The molecule has 21 heavy (non-hydrogen) atoms. The molecule has 0 saturated heterocycles. The van der Waals surface area contributed by atoms with Crippen molar-refractivity contribution in [2.45, 2.75) is 39.3 Å². The van der Waals surface area contributed by atoms with Gasteiger partial charge in [-0.15, -0.1) is 0 Å². The van der Waals surface area contributed by atoms with E-state index in [-0.39, 0.29) is 11.6 Å². The first kappa shape index (κ1) is 15.4. The predicted octanol–water partition coefficient (Wildman–Crippen LogP) is 2.55. The molecular formula is C17H23N3O. The smallest absolute Gasteiger partial charge is 0.253 e. The Labute approximate surface area is 125 Å². The Morgan fingerprint density at radius 2 is 1.95 bits per heavy atom. The van der Waals surface area contributed by atoms with Crippen molar-refractivity contribution in [1.82, 2.24) is 14.9 Å². The van der Waals surface area contributed by atoms with Gasteiger partial charge >= 0.3 is 0 Å². The first-order valence-electron chi connectivity index (χ1n) is 7.57. The molecule has 4 heteroatoms. The summed E-state index contributed by atoms with van der Waals surface area (Å²) < 4.78 is 1.65. The second kappa shape index (κ2) is 7.74. The molecule has 2 aromatic rings. The molecule has 0 aliphatic heterocycles. The summed E-state index contributed by atoms with van der Waals surface area (Å²) in [7, 11) is 0. The molecule has 0 amide bonds. The summed E-state index contributed by atoms with van der Waals surface area (Å²) in [4.78, 5) is 15.9. The summed E-state index contributed by atoms with van der Waals surface area (Å²) in [5.41, 5.74) is 2.52. The fourth-order valence-electron chi connectivity index (χ4n) is 2.30. The van der Waals surface area contributed by atoms with Crippen LogP contribution in [0.2, 0.25) is 0 Å². The summed E-state index contributed by atoms with van der Waals surface area (Å²) in [5.74, 6) is 0. The number of rotatable bonds is 7. The van der Waals surface area contributed by atoms with Gasteiger partial charge in [-0.05, 0) is 30.5 Å². The van der Waals surface area contributed by atoms with E-state index in [0.717, 1.165) is 19.4 Å². The molecule has 0 spiro atoms. The Hall–Kier alpha value is -1.94. The summed E-state index contributed by atoms with van der Waals surface area (Å²) in [6, 6.07) is 10.2. The normalized spacial score (nSPS) is 12.3. The zero-order chi connectivity index (χ0) is 15.1. The maximum absolute atomic E-state index is 11.9. The van der Waals surface area contributed by atoms with Crippen molar-refractivity contribution < 1.29 is 0 Å². The van der Waals surface area contributed by atoms with Crippen LogP contribution >= 0.6 is 0 Å². The van der Waals surface area contributed by atoms with Crippen LogP contribution in [0.4, 0.5) is 0 Å². The zero-order valence-corrected chi connectivity index (χ0v) is 12.7. The zero-order valence-electron chi connectivity index (χ0n) is 12.7. The molecule has 0 saturated carbocycles. The lowest BCUT2D eigenvalue weighted by Crippen LogP contribution is -2.30. The van der Waals surface area contributed by atoms with Gasteiger partial charge in [0.15, 0.2) is 0 Å². The fraction of sp³-hybridized carbons (Fsp3) is 0.412. The average Bonchev–Trinajstić information content (AvgIpc) is 2.53. The minimum atomic E-state index is -0.0153. The van der Waals surface area contributed by atoms with Gasteiger partial charge in [-0.1, -0.05) is 38.1 Å². The maximum atomic E-state index is 11.9. The first-order valence-corrected chi connectivity index (χ1v) is 7.57. The Balaban J connectivity index is 2.20. The van der Waals surface area contributed by atoms with Gasteiger partial charge in [0.1, 0.15) is 0 Å². The van der Waals surface area contributed by atoms with E-state index in [1.54, 1.807) is 10.9 Å². The number of nitrogens with one attached hydrogen (secondary N) is 1. The number of nitrogens with zero attached hydrogens (tertiary/aromatic N) is 2. The van der Waals surface area contributed by atoms with Crippen molar-refractivity contribution >= 4 is 0 Å². The van der Waals surface area contributed by atoms with Gasteiger partial charge < -0.3 is 5.32 Å². The van der Waals surface area contributed by atoms with E-state index in [1.807, 2.05) is 0 Å². The van der Waals surface area contributed by atoms with Gasteiger partial charge in [0.2, 0.25) is 0 Å². The van der Waals surface area contributed by atoms with Gasteiger partial charge in [0.05, 0.1) is 12.4 Å². The van der Waals surface area contributed by atoms with Crippen molar-refractivity contribution in [3.63, 3.8) is 0 Å². The lowest BCUT2D eigenvalue weighted by molar-refractivity contribution is 0.453. The van der Waals surface area contributed by atoms with Crippen LogP contribution in [-0.2, 0) is 13.0 Å². The van der Waals surface area contributed by atoms with Crippen molar-refractivity contribution in [3.8, 4) is 0 Å². The van der Waals surface area contributed by atoms with Crippen LogP contribution in [0.15, 0.2) is 47.7 Å². The van der Waals surface area contributed by atoms with E-state index in [0.29, 0.717) is 6.54 Å². The van der Waals surface area contributed by atoms with E-state index in [4.69, 9.17) is 0 Å². The number of aromatic nitrogens is 2. The van der Waals surface area contributed by atoms with Gasteiger partial charge in [-0.2, -0.15) is 0 Å². The molecule has 1 N–H and O–H groups in total. The van der Waals surface area contributed by atoms with Crippen LogP contribution in [-0.4, -0.2) is 16.1 Å². The van der Waals surface area contributed by atoms with E-state index in [2.05, 4.69) is 48.4 Å². The van der Waals surface area contributed by atoms with Gasteiger partial charge in [-0.25, -0.2) is 4.98 Å². The lowest BCUT2D eigenvalue weighted by atomic mass is 10.0. The number of benzene rings is 1. The largest absolute Gasteiger partial charge is 0.308 e. The molecule has 0 aliphatic carbocycles. The van der Waals surface area contributed by atoms with E-state index >= 15 is 0 Å². The fourth-order valence-corrected chi connectivity index (χ4v) is 2.30. The molecule has 0 radical (unpaired) electrons. The SMILES string of the molecule is CCCNC(Cn1cnccc1=O)c1ccc(CC)cc1. The summed E-state index contributed by atoms with van der Waals surface area (Å²) >= 11 is 0. The molecule has 1 atom stereocenters. The highest BCUT2D eigenvalue weighted by atomic mass is 16.1. The van der Waals surface area contributed by atoms with Crippen molar-refractivity contribution in [2.75, 3.05) is 6.54 Å². The minimum absolute atomic E-state index is 0.0153. The topological polar surface area (TPSA) is 46.9 Å². The molecule has 4 nitrogen and oxygen atoms in total. The Bertz CT molecular complexity index is 604. The van der Waals surface area contributed by atoms with Gasteiger partial charge in [0, 0.05) is 18.8 Å². The molecule has 0 bridgehead atoms. The van der Waals surface area contributed by atoms with E-state index in [9.17, 15) is 4.79 Å². The van der Waals surface area contributed by atoms with Crippen molar-refractivity contribution in [3.05, 3.63) is 64.3 Å². The third-order valence-electron chi connectivity index (χ3n) is 3.60. The summed E-state index contributed by atoms with van der Waals surface area (Å²) in [5, 5.41) is 3.51. The second-order valence-electron chi connectivity index (χ2n) is 5.17. The molecule has 1 heterocycles. The predicted molar refractivity (Wildman–Crippen MR) is 85.4 cm³/mol. The maximum Gasteiger partial charge on any atom is 0.253 e. The highest BCUT2D eigenvalue weighted by Gasteiger charge is 2.12. The molecule has 1 aromatic heterocycles. The van der Waals surface area contributed by atoms with Crippen LogP contribution in [0.1, 0.15) is 37.4 Å². The van der Waals surface area contributed by atoms with E-state index in [1.165, 1.54) is 23.4 Å².